The Morgan fingerprint density at radius 3 is 2.64 bits per heavy atom. The van der Waals surface area contributed by atoms with E-state index in [4.69, 9.17) is 23.2 Å². The Morgan fingerprint density at radius 1 is 1.11 bits per heavy atom. The largest absolute Gasteiger partial charge is 0.356 e. The van der Waals surface area contributed by atoms with E-state index in [1.165, 1.54) is 6.07 Å². The molecule has 0 aliphatic heterocycles. The minimum absolute atomic E-state index is 0.219. The molecular formula is C21H18Cl2FN3O. The van der Waals surface area contributed by atoms with Crippen LogP contribution in [0.1, 0.15) is 27.3 Å². The fourth-order valence-corrected chi connectivity index (χ4v) is 3.94. The molecule has 0 aliphatic rings. The van der Waals surface area contributed by atoms with Gasteiger partial charge in [-0.15, -0.1) is 0 Å². The van der Waals surface area contributed by atoms with Crippen LogP contribution in [0.3, 0.4) is 0 Å². The molecule has 2 heterocycles. The molecule has 0 fully saturated rings. The summed E-state index contributed by atoms with van der Waals surface area (Å²) in [4.78, 5) is 18.7. The van der Waals surface area contributed by atoms with Gasteiger partial charge in [-0.25, -0.2) is 4.39 Å². The molecule has 4 rings (SSSR count). The van der Waals surface area contributed by atoms with E-state index in [1.54, 1.807) is 24.3 Å². The number of aromatic nitrogens is 2. The van der Waals surface area contributed by atoms with E-state index >= 15 is 0 Å². The van der Waals surface area contributed by atoms with Crippen LogP contribution in [-0.2, 0) is 6.42 Å². The Kier molecular flexibility index (Phi) is 4.81. The Labute approximate surface area is 171 Å². The number of carbonyl (C=O) groups is 1. The summed E-state index contributed by atoms with van der Waals surface area (Å²) in [5.74, 6) is -0.488. The quantitative estimate of drug-likeness (QED) is 0.392. The lowest BCUT2D eigenvalue weighted by atomic mass is 10.0. The Balaban J connectivity index is 1.51. The first-order valence-corrected chi connectivity index (χ1v) is 9.63. The molecule has 3 N–H and O–H groups in total. The van der Waals surface area contributed by atoms with E-state index in [0.717, 1.165) is 33.1 Å². The normalized spacial score (nSPS) is 11.5. The molecule has 28 heavy (non-hydrogen) atoms. The number of benzene rings is 2. The van der Waals surface area contributed by atoms with Crippen LogP contribution in [0.4, 0.5) is 4.39 Å². The summed E-state index contributed by atoms with van der Waals surface area (Å²) < 4.78 is 14.1. The topological polar surface area (TPSA) is 60.7 Å². The number of carbonyl (C=O) groups excluding carboxylic acids is 1. The van der Waals surface area contributed by atoms with Crippen molar-refractivity contribution in [3.8, 4) is 0 Å². The fraction of sp³-hybridized carbons (Fsp3) is 0.190. The van der Waals surface area contributed by atoms with Gasteiger partial charge in [-0.3, -0.25) is 4.79 Å². The molecule has 0 aliphatic carbocycles. The maximum atomic E-state index is 14.1. The number of halogens is 3. The predicted molar refractivity (Wildman–Crippen MR) is 112 cm³/mol. The first kappa shape index (κ1) is 18.8. The number of rotatable bonds is 4. The van der Waals surface area contributed by atoms with Gasteiger partial charge in [-0.05, 0) is 55.7 Å². The highest BCUT2D eigenvalue weighted by Crippen LogP contribution is 2.29. The molecule has 2 aromatic carbocycles. The van der Waals surface area contributed by atoms with E-state index < -0.39 is 0 Å². The number of hydrogen-bond acceptors (Lipinski definition) is 1. The molecule has 0 spiro atoms. The van der Waals surface area contributed by atoms with E-state index in [-0.39, 0.29) is 11.7 Å². The third-order valence-corrected chi connectivity index (χ3v) is 5.72. The van der Waals surface area contributed by atoms with Gasteiger partial charge in [0, 0.05) is 28.5 Å². The summed E-state index contributed by atoms with van der Waals surface area (Å²) >= 11 is 12.0. The van der Waals surface area contributed by atoms with Crippen LogP contribution in [0, 0.1) is 19.7 Å². The highest BCUT2D eigenvalue weighted by atomic mass is 35.5. The van der Waals surface area contributed by atoms with Gasteiger partial charge in [0.05, 0.1) is 15.6 Å². The van der Waals surface area contributed by atoms with Crippen LogP contribution >= 0.6 is 23.2 Å². The second-order valence-electron chi connectivity index (χ2n) is 6.89. The average molecular weight is 418 g/mol. The van der Waals surface area contributed by atoms with Crippen LogP contribution in [0.5, 0.6) is 0 Å². The van der Waals surface area contributed by atoms with E-state index in [1.807, 2.05) is 13.8 Å². The molecule has 0 bridgehead atoms. The number of hydrogen-bond donors (Lipinski definition) is 3. The summed E-state index contributed by atoms with van der Waals surface area (Å²) in [6, 6.07) is 8.40. The van der Waals surface area contributed by atoms with Gasteiger partial charge in [0.25, 0.3) is 5.91 Å². The summed E-state index contributed by atoms with van der Waals surface area (Å²) in [5, 5.41) is 5.49. The summed E-state index contributed by atoms with van der Waals surface area (Å²) in [6.45, 7) is 4.30. The van der Waals surface area contributed by atoms with Crippen molar-refractivity contribution in [1.29, 1.82) is 0 Å². The molecule has 0 saturated heterocycles. The second kappa shape index (κ2) is 7.15. The molecule has 7 heteroatoms. The second-order valence-corrected chi connectivity index (χ2v) is 7.70. The first-order valence-electron chi connectivity index (χ1n) is 8.87. The molecule has 144 valence electrons. The molecule has 0 saturated carbocycles. The maximum absolute atomic E-state index is 14.1. The molecule has 0 atom stereocenters. The van der Waals surface area contributed by atoms with Crippen molar-refractivity contribution in [2.75, 3.05) is 6.54 Å². The molecule has 0 radical (unpaired) electrons. The molecule has 1 amide bonds. The minimum Gasteiger partial charge on any atom is -0.356 e. The van der Waals surface area contributed by atoms with Crippen molar-refractivity contribution < 1.29 is 9.18 Å². The number of nitrogens with one attached hydrogen (secondary N) is 3. The van der Waals surface area contributed by atoms with Gasteiger partial charge in [0.1, 0.15) is 11.5 Å². The predicted octanol–water partition coefficient (Wildman–Crippen LogP) is 5.68. The number of amides is 1. The lowest BCUT2D eigenvalue weighted by Gasteiger charge is -2.06. The summed E-state index contributed by atoms with van der Waals surface area (Å²) in [5.41, 5.74) is 4.63. The van der Waals surface area contributed by atoms with Crippen molar-refractivity contribution in [3.05, 3.63) is 68.7 Å². The smallest absolute Gasteiger partial charge is 0.267 e. The number of fused-ring (bicyclic) bond motifs is 2. The highest BCUT2D eigenvalue weighted by molar-refractivity contribution is 6.42. The standard InChI is InChI=1S/C21H18Cl2FN3O/c1-10-3-4-16(24)20-19(10)13(11(2)26-20)5-6-25-21(28)18-8-12-7-14(22)15(23)9-17(12)27-18/h3-4,7-9,26-27H,5-6H2,1-2H3,(H,25,28). The summed E-state index contributed by atoms with van der Waals surface area (Å²) in [7, 11) is 0. The molecular weight excluding hydrogens is 400 g/mol. The van der Waals surface area contributed by atoms with Gasteiger partial charge in [-0.1, -0.05) is 29.3 Å². The van der Waals surface area contributed by atoms with Gasteiger partial charge in [0.15, 0.2) is 0 Å². The number of aryl methyl sites for hydroxylation is 2. The van der Waals surface area contributed by atoms with Gasteiger partial charge >= 0.3 is 0 Å². The van der Waals surface area contributed by atoms with Crippen LogP contribution in [0.15, 0.2) is 30.3 Å². The third-order valence-electron chi connectivity index (χ3n) is 5.00. The zero-order chi connectivity index (χ0) is 20.0. The van der Waals surface area contributed by atoms with Gasteiger partial charge in [0.2, 0.25) is 0 Å². The van der Waals surface area contributed by atoms with Crippen LogP contribution in [-0.4, -0.2) is 22.4 Å². The van der Waals surface area contributed by atoms with E-state index in [2.05, 4.69) is 15.3 Å². The highest BCUT2D eigenvalue weighted by Gasteiger charge is 2.15. The Hall–Kier alpha value is -2.50. The lowest BCUT2D eigenvalue weighted by Crippen LogP contribution is -2.26. The number of H-pyrrole nitrogens is 2. The number of aromatic amines is 2. The monoisotopic (exact) mass is 417 g/mol. The van der Waals surface area contributed by atoms with Gasteiger partial charge in [-0.2, -0.15) is 0 Å². The fourth-order valence-electron chi connectivity index (χ4n) is 3.60. The average Bonchev–Trinajstić information content (AvgIpc) is 3.20. The third kappa shape index (κ3) is 3.25. The van der Waals surface area contributed by atoms with E-state index in [0.29, 0.717) is 34.2 Å². The van der Waals surface area contributed by atoms with Gasteiger partial charge < -0.3 is 15.3 Å². The van der Waals surface area contributed by atoms with Crippen LogP contribution < -0.4 is 5.32 Å². The van der Waals surface area contributed by atoms with Crippen molar-refractivity contribution in [3.63, 3.8) is 0 Å². The lowest BCUT2D eigenvalue weighted by molar-refractivity contribution is 0.0950. The van der Waals surface area contributed by atoms with Crippen molar-refractivity contribution >= 4 is 50.9 Å². The molecule has 4 nitrogen and oxygen atoms in total. The molecule has 4 aromatic rings. The Bertz CT molecular complexity index is 1190. The van der Waals surface area contributed by atoms with Crippen LogP contribution in [0.2, 0.25) is 10.0 Å². The minimum atomic E-state index is -0.269. The van der Waals surface area contributed by atoms with Crippen LogP contribution in [0.25, 0.3) is 21.8 Å². The van der Waals surface area contributed by atoms with Crippen molar-refractivity contribution in [2.45, 2.75) is 20.3 Å². The first-order chi connectivity index (χ1) is 13.3. The maximum Gasteiger partial charge on any atom is 0.267 e. The zero-order valence-electron chi connectivity index (χ0n) is 15.3. The van der Waals surface area contributed by atoms with E-state index in [9.17, 15) is 9.18 Å². The van der Waals surface area contributed by atoms with Crippen molar-refractivity contribution in [2.24, 2.45) is 0 Å². The SMILES string of the molecule is Cc1[nH]c2c(F)ccc(C)c2c1CCNC(=O)c1cc2cc(Cl)c(Cl)cc2[nH]1. The molecule has 2 aromatic heterocycles. The Morgan fingerprint density at radius 2 is 1.86 bits per heavy atom. The molecule has 0 unspecified atom stereocenters. The zero-order valence-corrected chi connectivity index (χ0v) is 16.9. The summed E-state index contributed by atoms with van der Waals surface area (Å²) in [6.07, 6.45) is 0.597. The van der Waals surface area contributed by atoms with Crippen molar-refractivity contribution in [1.82, 2.24) is 15.3 Å².